The number of rotatable bonds is 5. The third-order valence-electron chi connectivity index (χ3n) is 4.46. The van der Waals surface area contributed by atoms with Crippen LogP contribution in [0.5, 0.6) is 0 Å². The average molecular weight is 402 g/mol. The fourth-order valence-corrected chi connectivity index (χ4v) is 4.78. The molecule has 3 rings (SSSR count). The normalized spacial score (nSPS) is 15.8. The van der Waals surface area contributed by atoms with Crippen LogP contribution in [0.1, 0.15) is 25.0 Å². The number of hydrogen-bond donors (Lipinski definition) is 1. The molecule has 0 atom stereocenters. The minimum atomic E-state index is -4.17. The van der Waals surface area contributed by atoms with Crippen molar-refractivity contribution >= 4 is 32.4 Å². The molecule has 0 spiro atoms. The van der Waals surface area contributed by atoms with Crippen LogP contribution in [0.3, 0.4) is 0 Å². The van der Waals surface area contributed by atoms with E-state index in [4.69, 9.17) is 0 Å². The molecule has 1 N–H and O–H groups in total. The second-order valence-electron chi connectivity index (χ2n) is 6.38. The summed E-state index contributed by atoms with van der Waals surface area (Å²) < 4.78 is 39.6. The van der Waals surface area contributed by atoms with Gasteiger partial charge in [0, 0.05) is 11.3 Å². The predicted molar refractivity (Wildman–Crippen MR) is 104 cm³/mol. The molecule has 0 saturated carbocycles. The number of amides is 2. The summed E-state index contributed by atoms with van der Waals surface area (Å²) in [4.78, 5) is 24.7. The second-order valence-corrected chi connectivity index (χ2v) is 8.18. The van der Waals surface area contributed by atoms with Gasteiger partial charge >= 0.3 is 0 Å². The van der Waals surface area contributed by atoms with Gasteiger partial charge in [-0.2, -0.15) is 0 Å². The van der Waals surface area contributed by atoms with E-state index in [-0.39, 0.29) is 16.2 Å². The first-order valence-electron chi connectivity index (χ1n) is 8.66. The SMILES string of the molecule is CCc1ccc(C2=C(C)C(=O)N(CC(=O)Nc3cccc(F)c3)S2(=O)=O)cc1. The Bertz CT molecular complexity index is 1080. The van der Waals surface area contributed by atoms with Crippen LogP contribution < -0.4 is 5.32 Å². The number of aryl methyl sites for hydroxylation is 1. The molecule has 6 nitrogen and oxygen atoms in total. The monoisotopic (exact) mass is 402 g/mol. The molecule has 2 aromatic carbocycles. The summed E-state index contributed by atoms with van der Waals surface area (Å²) in [6, 6.07) is 12.1. The Kier molecular flexibility index (Phi) is 5.33. The fraction of sp³-hybridized carbons (Fsp3) is 0.200. The molecule has 1 aliphatic rings. The summed E-state index contributed by atoms with van der Waals surface area (Å²) in [6.45, 7) is 2.72. The van der Waals surface area contributed by atoms with Gasteiger partial charge in [-0.05, 0) is 42.7 Å². The van der Waals surface area contributed by atoms with E-state index in [2.05, 4.69) is 5.32 Å². The molecule has 146 valence electrons. The van der Waals surface area contributed by atoms with E-state index in [0.717, 1.165) is 18.1 Å². The number of halogens is 1. The van der Waals surface area contributed by atoms with Crippen LogP contribution in [0, 0.1) is 5.82 Å². The van der Waals surface area contributed by atoms with Crippen molar-refractivity contribution < 1.29 is 22.4 Å². The summed E-state index contributed by atoms with van der Waals surface area (Å²) in [6.07, 6.45) is 0.802. The van der Waals surface area contributed by atoms with E-state index in [1.165, 1.54) is 25.1 Å². The van der Waals surface area contributed by atoms with E-state index in [0.29, 0.717) is 9.87 Å². The third kappa shape index (κ3) is 3.68. The first kappa shape index (κ1) is 19.8. The lowest BCUT2D eigenvalue weighted by atomic mass is 10.1. The lowest BCUT2D eigenvalue weighted by molar-refractivity contribution is -0.126. The zero-order valence-corrected chi connectivity index (χ0v) is 16.2. The molecular formula is C20H19FN2O4S. The largest absolute Gasteiger partial charge is 0.324 e. The molecule has 0 aliphatic carbocycles. The van der Waals surface area contributed by atoms with Gasteiger partial charge in [0.25, 0.3) is 15.9 Å². The van der Waals surface area contributed by atoms with Crippen molar-refractivity contribution in [2.45, 2.75) is 20.3 Å². The molecule has 1 aliphatic heterocycles. The zero-order chi connectivity index (χ0) is 20.5. The fourth-order valence-electron chi connectivity index (χ4n) is 3.01. The number of nitrogens with zero attached hydrogens (tertiary/aromatic N) is 1. The van der Waals surface area contributed by atoms with Gasteiger partial charge in [0.15, 0.2) is 0 Å². The van der Waals surface area contributed by atoms with Crippen molar-refractivity contribution in [3.05, 3.63) is 71.0 Å². The van der Waals surface area contributed by atoms with E-state index < -0.39 is 34.2 Å². The van der Waals surface area contributed by atoms with Gasteiger partial charge in [-0.15, -0.1) is 0 Å². The summed E-state index contributed by atoms with van der Waals surface area (Å²) >= 11 is 0. The van der Waals surface area contributed by atoms with Gasteiger partial charge < -0.3 is 5.32 Å². The lowest BCUT2D eigenvalue weighted by Gasteiger charge is -2.16. The molecule has 0 fully saturated rings. The maximum Gasteiger partial charge on any atom is 0.268 e. The van der Waals surface area contributed by atoms with Crippen LogP contribution in [0.25, 0.3) is 4.91 Å². The first-order valence-corrected chi connectivity index (χ1v) is 10.1. The highest BCUT2D eigenvalue weighted by Crippen LogP contribution is 2.35. The maximum absolute atomic E-state index is 13.2. The van der Waals surface area contributed by atoms with Gasteiger partial charge in [-0.3, -0.25) is 9.59 Å². The van der Waals surface area contributed by atoms with Gasteiger partial charge in [0.05, 0.1) is 0 Å². The molecule has 0 bridgehead atoms. The minimum Gasteiger partial charge on any atom is -0.324 e. The van der Waals surface area contributed by atoms with Crippen LogP contribution in [-0.4, -0.2) is 31.1 Å². The Morgan fingerprint density at radius 2 is 1.82 bits per heavy atom. The number of carbonyl (C=O) groups is 2. The highest BCUT2D eigenvalue weighted by molar-refractivity contribution is 7.99. The lowest BCUT2D eigenvalue weighted by Crippen LogP contribution is -2.38. The molecule has 2 aromatic rings. The maximum atomic E-state index is 13.2. The van der Waals surface area contributed by atoms with Crippen LogP contribution >= 0.6 is 0 Å². The first-order chi connectivity index (χ1) is 13.2. The Morgan fingerprint density at radius 1 is 1.14 bits per heavy atom. The van der Waals surface area contributed by atoms with E-state index in [1.54, 1.807) is 24.3 Å². The Labute approximate surface area is 162 Å². The Hall–Kier alpha value is -3.00. The van der Waals surface area contributed by atoms with Crippen molar-refractivity contribution in [1.29, 1.82) is 0 Å². The Morgan fingerprint density at radius 3 is 2.43 bits per heavy atom. The topological polar surface area (TPSA) is 83.6 Å². The van der Waals surface area contributed by atoms with Crippen LogP contribution in [0.15, 0.2) is 54.1 Å². The summed E-state index contributed by atoms with van der Waals surface area (Å²) in [5, 5.41) is 2.40. The number of nitrogens with one attached hydrogen (secondary N) is 1. The molecule has 1 heterocycles. The number of benzene rings is 2. The van der Waals surface area contributed by atoms with Crippen molar-refractivity contribution in [3.63, 3.8) is 0 Å². The zero-order valence-electron chi connectivity index (χ0n) is 15.4. The molecular weight excluding hydrogens is 383 g/mol. The quantitative estimate of drug-likeness (QED) is 0.834. The number of hydrogen-bond acceptors (Lipinski definition) is 4. The van der Waals surface area contributed by atoms with Crippen molar-refractivity contribution in [3.8, 4) is 0 Å². The standard InChI is InChI=1S/C20H19FN2O4S/c1-3-14-7-9-15(10-8-14)19-13(2)20(25)23(28(19,26)27)12-18(24)22-17-6-4-5-16(21)11-17/h4-11H,3,12H2,1-2H3,(H,22,24). The number of sulfonamides is 1. The molecule has 0 unspecified atom stereocenters. The van der Waals surface area contributed by atoms with E-state index >= 15 is 0 Å². The number of anilines is 1. The van der Waals surface area contributed by atoms with Crippen molar-refractivity contribution in [1.82, 2.24) is 4.31 Å². The van der Waals surface area contributed by atoms with E-state index in [1.807, 2.05) is 6.92 Å². The summed E-state index contributed by atoms with van der Waals surface area (Å²) in [7, 11) is -4.17. The summed E-state index contributed by atoms with van der Waals surface area (Å²) in [5.41, 5.74) is 1.67. The molecule has 28 heavy (non-hydrogen) atoms. The van der Waals surface area contributed by atoms with Crippen molar-refractivity contribution in [2.24, 2.45) is 0 Å². The molecule has 0 radical (unpaired) electrons. The van der Waals surface area contributed by atoms with Gasteiger partial charge in [-0.1, -0.05) is 37.3 Å². The average Bonchev–Trinajstić information content (AvgIpc) is 2.81. The van der Waals surface area contributed by atoms with Crippen LogP contribution in [0.2, 0.25) is 0 Å². The molecule has 8 heteroatoms. The van der Waals surface area contributed by atoms with Crippen LogP contribution in [0.4, 0.5) is 10.1 Å². The molecule has 0 aromatic heterocycles. The van der Waals surface area contributed by atoms with Crippen LogP contribution in [-0.2, 0) is 26.0 Å². The number of carbonyl (C=O) groups excluding carboxylic acids is 2. The molecule has 2 amide bonds. The third-order valence-corrected chi connectivity index (χ3v) is 6.39. The highest BCUT2D eigenvalue weighted by Gasteiger charge is 2.43. The summed E-state index contributed by atoms with van der Waals surface area (Å²) in [5.74, 6) is -2.03. The minimum absolute atomic E-state index is 0.0582. The predicted octanol–water partition coefficient (Wildman–Crippen LogP) is 2.93. The second kappa shape index (κ2) is 7.55. The Balaban J connectivity index is 1.84. The van der Waals surface area contributed by atoms with Gasteiger partial charge in [0.2, 0.25) is 5.91 Å². The smallest absolute Gasteiger partial charge is 0.268 e. The van der Waals surface area contributed by atoms with Gasteiger partial charge in [0.1, 0.15) is 17.3 Å². The van der Waals surface area contributed by atoms with Gasteiger partial charge in [-0.25, -0.2) is 17.1 Å². The molecule has 0 saturated heterocycles. The van der Waals surface area contributed by atoms with Crippen molar-refractivity contribution in [2.75, 3.05) is 11.9 Å². The highest BCUT2D eigenvalue weighted by atomic mass is 32.2. The van der Waals surface area contributed by atoms with E-state index in [9.17, 15) is 22.4 Å².